The molecule has 0 aliphatic carbocycles. The van der Waals surface area contributed by atoms with Crippen LogP contribution in [0.3, 0.4) is 0 Å². The summed E-state index contributed by atoms with van der Waals surface area (Å²) in [6.45, 7) is 0. The maximum absolute atomic E-state index is 10.1. The Morgan fingerprint density at radius 3 is 2.45 bits per heavy atom. The number of carboxylic acids is 1. The van der Waals surface area contributed by atoms with Crippen molar-refractivity contribution in [1.29, 1.82) is 0 Å². The second-order valence-electron chi connectivity index (χ2n) is 1.73. The molecule has 6 heteroatoms. The van der Waals surface area contributed by atoms with Crippen LogP contribution in [0.2, 0.25) is 0 Å². The van der Waals surface area contributed by atoms with Crippen LogP contribution in [0.4, 0.5) is 0 Å². The number of aliphatic carboxylic acids is 1. The Morgan fingerprint density at radius 1 is 1.73 bits per heavy atom. The molecule has 0 aromatic carbocycles. The molecule has 0 saturated heterocycles. The van der Waals surface area contributed by atoms with Crippen LogP contribution >= 0.6 is 11.8 Å². The van der Waals surface area contributed by atoms with E-state index in [0.717, 1.165) is 5.75 Å². The SMILES string of the molecule is CSCCC(N)C(=O)O.[KH].[NaH]. The van der Waals surface area contributed by atoms with Crippen LogP contribution in [0.15, 0.2) is 0 Å². The average Bonchev–Trinajstić information content (AvgIpc) is 1.82. The average molecular weight is 213 g/mol. The van der Waals surface area contributed by atoms with Crippen molar-refractivity contribution in [3.05, 3.63) is 0 Å². The van der Waals surface area contributed by atoms with E-state index in [1.54, 1.807) is 11.8 Å². The van der Waals surface area contributed by atoms with E-state index in [4.69, 9.17) is 10.8 Å². The van der Waals surface area contributed by atoms with Gasteiger partial charge in [-0.25, -0.2) is 0 Å². The van der Waals surface area contributed by atoms with Gasteiger partial charge in [0.25, 0.3) is 0 Å². The quantitative estimate of drug-likeness (QED) is 0.579. The Kier molecular flexibility index (Phi) is 21.5. The number of hydrogen-bond acceptors (Lipinski definition) is 3. The summed E-state index contributed by atoms with van der Waals surface area (Å²) in [4.78, 5) is 10.1. The molecule has 0 amide bonds. The van der Waals surface area contributed by atoms with Crippen molar-refractivity contribution in [3.8, 4) is 0 Å². The van der Waals surface area contributed by atoms with Crippen molar-refractivity contribution in [1.82, 2.24) is 0 Å². The molecule has 0 aliphatic heterocycles. The molecule has 0 heterocycles. The van der Waals surface area contributed by atoms with Gasteiger partial charge >= 0.3 is 86.9 Å². The van der Waals surface area contributed by atoms with Crippen LogP contribution in [-0.2, 0) is 4.79 Å². The van der Waals surface area contributed by atoms with Gasteiger partial charge in [0, 0.05) is 0 Å². The number of nitrogens with two attached hydrogens (primary N) is 1. The molecule has 0 rings (SSSR count). The Bertz CT molecular complexity index is 106. The summed E-state index contributed by atoms with van der Waals surface area (Å²) < 4.78 is 0. The topological polar surface area (TPSA) is 63.3 Å². The molecule has 0 radical (unpaired) electrons. The normalized spacial score (nSPS) is 10.7. The van der Waals surface area contributed by atoms with Gasteiger partial charge < -0.3 is 10.8 Å². The molecule has 58 valence electrons. The second kappa shape index (κ2) is 12.4. The van der Waals surface area contributed by atoms with Crippen molar-refractivity contribution in [3.63, 3.8) is 0 Å². The monoisotopic (exact) mass is 213 g/mol. The van der Waals surface area contributed by atoms with E-state index in [9.17, 15) is 4.79 Å². The summed E-state index contributed by atoms with van der Waals surface area (Å²) in [6.07, 6.45) is 2.48. The molecular formula is C5H13KNNaO2S. The standard InChI is InChI=1S/C5H11NO2S.K.Na.2H/c1-9-3-2-4(6)5(7)8;;;;/h4H,2-3,6H2,1H3,(H,7,8);;;;. The van der Waals surface area contributed by atoms with Gasteiger partial charge in [-0.2, -0.15) is 11.8 Å². The first kappa shape index (κ1) is 19.1. The van der Waals surface area contributed by atoms with Gasteiger partial charge in [0.2, 0.25) is 0 Å². The summed E-state index contributed by atoms with van der Waals surface area (Å²) >= 11 is 1.60. The van der Waals surface area contributed by atoms with Gasteiger partial charge in [-0.15, -0.1) is 0 Å². The molecule has 0 fully saturated rings. The van der Waals surface area contributed by atoms with E-state index in [1.807, 2.05) is 6.26 Å². The Hall–Kier alpha value is 2.42. The third kappa shape index (κ3) is 12.4. The van der Waals surface area contributed by atoms with E-state index in [1.165, 1.54) is 0 Å². The van der Waals surface area contributed by atoms with Crippen molar-refractivity contribution in [2.24, 2.45) is 5.73 Å². The molecule has 11 heavy (non-hydrogen) atoms. The zero-order valence-electron chi connectivity index (χ0n) is 5.33. The van der Waals surface area contributed by atoms with E-state index in [2.05, 4.69) is 0 Å². The van der Waals surface area contributed by atoms with Crippen molar-refractivity contribution in [2.45, 2.75) is 12.5 Å². The van der Waals surface area contributed by atoms with E-state index in [-0.39, 0.29) is 80.9 Å². The second-order valence-corrected chi connectivity index (χ2v) is 2.71. The fraction of sp³-hybridized carbons (Fsp3) is 0.800. The zero-order valence-corrected chi connectivity index (χ0v) is 6.15. The third-order valence-corrected chi connectivity index (χ3v) is 1.59. The van der Waals surface area contributed by atoms with Gasteiger partial charge in [0.15, 0.2) is 0 Å². The Balaban J connectivity index is -0.000000320. The van der Waals surface area contributed by atoms with Gasteiger partial charge in [-0.3, -0.25) is 4.79 Å². The van der Waals surface area contributed by atoms with Gasteiger partial charge in [-0.1, -0.05) is 0 Å². The number of rotatable bonds is 4. The van der Waals surface area contributed by atoms with Crippen LogP contribution in [0.5, 0.6) is 0 Å². The molecule has 3 N–H and O–H groups in total. The number of hydrogen-bond donors (Lipinski definition) is 2. The fourth-order valence-electron chi connectivity index (χ4n) is 0.368. The molecule has 1 atom stereocenters. The molecule has 0 aromatic rings. The van der Waals surface area contributed by atoms with Crippen LogP contribution in [0.25, 0.3) is 0 Å². The summed E-state index contributed by atoms with van der Waals surface area (Å²) in [6, 6.07) is -0.683. The first-order valence-corrected chi connectivity index (χ1v) is 4.05. The maximum atomic E-state index is 10.1. The molecule has 0 spiro atoms. The first-order valence-electron chi connectivity index (χ1n) is 2.65. The van der Waals surface area contributed by atoms with Gasteiger partial charge in [0.05, 0.1) is 0 Å². The molecule has 0 aromatic heterocycles. The zero-order chi connectivity index (χ0) is 7.28. The summed E-state index contributed by atoms with van der Waals surface area (Å²) in [5.74, 6) is -0.1000. The minimum atomic E-state index is -0.913. The van der Waals surface area contributed by atoms with Crippen LogP contribution in [0.1, 0.15) is 6.42 Å². The van der Waals surface area contributed by atoms with Crippen LogP contribution in [-0.4, -0.2) is 110 Å². The van der Waals surface area contributed by atoms with Crippen molar-refractivity contribution < 1.29 is 9.90 Å². The first-order chi connectivity index (χ1) is 4.18. The van der Waals surface area contributed by atoms with Crippen LogP contribution < -0.4 is 5.73 Å². The summed E-state index contributed by atoms with van der Waals surface area (Å²) in [5.41, 5.74) is 5.19. The fourth-order valence-corrected chi connectivity index (χ4v) is 0.858. The predicted molar refractivity (Wildman–Crippen MR) is 52.9 cm³/mol. The van der Waals surface area contributed by atoms with Crippen molar-refractivity contribution >= 4 is 98.7 Å². The number of carbonyl (C=O) groups is 1. The molecule has 0 aliphatic rings. The van der Waals surface area contributed by atoms with Crippen LogP contribution in [0, 0.1) is 0 Å². The number of carboxylic acid groups (broad SMARTS) is 1. The minimum absolute atomic E-state index is 0. The molecule has 3 nitrogen and oxygen atoms in total. The Morgan fingerprint density at radius 2 is 2.18 bits per heavy atom. The molecule has 0 saturated carbocycles. The predicted octanol–water partition coefficient (Wildman–Crippen LogP) is -1.15. The van der Waals surface area contributed by atoms with E-state index < -0.39 is 12.0 Å². The molecule has 1 unspecified atom stereocenters. The molecular weight excluding hydrogens is 200 g/mol. The Labute approximate surface area is 136 Å². The van der Waals surface area contributed by atoms with Gasteiger partial charge in [0.1, 0.15) is 6.04 Å². The molecule has 0 bridgehead atoms. The third-order valence-electron chi connectivity index (χ3n) is 0.950. The summed E-state index contributed by atoms with van der Waals surface area (Å²) in [7, 11) is 0. The summed E-state index contributed by atoms with van der Waals surface area (Å²) in [5, 5.41) is 8.27. The van der Waals surface area contributed by atoms with Crippen molar-refractivity contribution in [2.75, 3.05) is 12.0 Å². The number of thioether (sulfide) groups is 1. The van der Waals surface area contributed by atoms with E-state index in [0.29, 0.717) is 6.42 Å². The van der Waals surface area contributed by atoms with Gasteiger partial charge in [-0.05, 0) is 18.4 Å². The van der Waals surface area contributed by atoms with E-state index >= 15 is 0 Å².